The average Bonchev–Trinajstić information content (AvgIpc) is 3.02. The Balaban J connectivity index is 1.70. The third-order valence-electron chi connectivity index (χ3n) is 3.05. The van der Waals surface area contributed by atoms with Crippen LogP contribution in [0, 0.1) is 0 Å². The van der Waals surface area contributed by atoms with Gasteiger partial charge in [-0.3, -0.25) is 9.78 Å². The Kier molecular flexibility index (Phi) is 6.73. The van der Waals surface area contributed by atoms with Crippen LogP contribution in [0.5, 0.6) is 0 Å². The van der Waals surface area contributed by atoms with Crippen molar-refractivity contribution in [2.75, 3.05) is 12.3 Å². The van der Waals surface area contributed by atoms with Crippen molar-refractivity contribution >= 4 is 39.6 Å². The second-order valence-electron chi connectivity index (χ2n) is 4.87. The van der Waals surface area contributed by atoms with E-state index in [1.807, 2.05) is 0 Å². The molecular formula is C14H16BrN5O3S. The maximum Gasteiger partial charge on any atom is 0.328 e. The monoisotopic (exact) mass is 413 g/mol. The van der Waals surface area contributed by atoms with Crippen molar-refractivity contribution < 1.29 is 14.7 Å². The number of nitrogens with one attached hydrogen (secondary N) is 1. The van der Waals surface area contributed by atoms with Crippen LogP contribution in [0.4, 0.5) is 0 Å². The molecule has 0 aliphatic heterocycles. The van der Waals surface area contributed by atoms with Crippen LogP contribution < -0.4 is 5.32 Å². The minimum absolute atomic E-state index is 0.224. The highest BCUT2D eigenvalue weighted by Gasteiger charge is 2.15. The SMILES string of the molecule is CC(C(=O)O)n1cc(CSCCNC(=O)c2cc(Br)ccn2)nn1. The second-order valence-corrected chi connectivity index (χ2v) is 6.89. The fourth-order valence-corrected chi connectivity index (χ4v) is 2.78. The molecule has 0 aromatic carbocycles. The van der Waals surface area contributed by atoms with Crippen LogP contribution in [-0.2, 0) is 10.5 Å². The Morgan fingerprint density at radius 3 is 3.00 bits per heavy atom. The van der Waals surface area contributed by atoms with Crippen molar-refractivity contribution in [3.8, 4) is 0 Å². The van der Waals surface area contributed by atoms with Crippen molar-refractivity contribution in [2.24, 2.45) is 0 Å². The molecule has 10 heteroatoms. The summed E-state index contributed by atoms with van der Waals surface area (Å²) in [5.74, 6) is 0.111. The summed E-state index contributed by atoms with van der Waals surface area (Å²) in [5.41, 5.74) is 1.06. The Morgan fingerprint density at radius 1 is 1.50 bits per heavy atom. The van der Waals surface area contributed by atoms with Gasteiger partial charge in [0.15, 0.2) is 0 Å². The van der Waals surface area contributed by atoms with Crippen LogP contribution in [0.1, 0.15) is 29.1 Å². The lowest BCUT2D eigenvalue weighted by molar-refractivity contribution is -0.140. The summed E-state index contributed by atoms with van der Waals surface area (Å²) in [7, 11) is 0. The zero-order valence-electron chi connectivity index (χ0n) is 12.8. The van der Waals surface area contributed by atoms with Crippen LogP contribution >= 0.6 is 27.7 Å². The van der Waals surface area contributed by atoms with Gasteiger partial charge in [0.1, 0.15) is 11.7 Å². The van der Waals surface area contributed by atoms with Crippen LogP contribution in [-0.4, -0.2) is 49.3 Å². The first-order valence-corrected chi connectivity index (χ1v) is 9.03. The fraction of sp³-hybridized carbons (Fsp3) is 0.357. The number of aliphatic carboxylic acids is 1. The summed E-state index contributed by atoms with van der Waals surface area (Å²) < 4.78 is 2.12. The van der Waals surface area contributed by atoms with Gasteiger partial charge >= 0.3 is 5.97 Å². The third-order valence-corrected chi connectivity index (χ3v) is 4.53. The van der Waals surface area contributed by atoms with Gasteiger partial charge < -0.3 is 10.4 Å². The zero-order chi connectivity index (χ0) is 17.5. The number of carbonyl (C=O) groups is 2. The predicted molar refractivity (Wildman–Crippen MR) is 92.8 cm³/mol. The topological polar surface area (TPSA) is 110 Å². The van der Waals surface area contributed by atoms with Crippen molar-refractivity contribution in [2.45, 2.75) is 18.7 Å². The molecule has 2 heterocycles. The third kappa shape index (κ3) is 5.31. The van der Waals surface area contributed by atoms with E-state index in [1.165, 1.54) is 4.68 Å². The maximum atomic E-state index is 11.9. The second kappa shape index (κ2) is 8.78. The van der Waals surface area contributed by atoms with E-state index >= 15 is 0 Å². The number of nitrogens with zero attached hydrogens (tertiary/aromatic N) is 4. The summed E-state index contributed by atoms with van der Waals surface area (Å²) in [4.78, 5) is 26.8. The molecule has 8 nitrogen and oxygen atoms in total. The standard InChI is InChI=1S/C14H16BrN5O3S/c1-9(14(22)23)20-7-11(18-19-20)8-24-5-4-17-13(21)12-6-10(15)2-3-16-12/h2-3,6-7,9H,4-5,8H2,1H3,(H,17,21)(H,22,23). The Bertz CT molecular complexity index is 724. The highest BCUT2D eigenvalue weighted by atomic mass is 79.9. The number of halogens is 1. The van der Waals surface area contributed by atoms with Crippen molar-refractivity contribution in [1.29, 1.82) is 0 Å². The van der Waals surface area contributed by atoms with E-state index in [-0.39, 0.29) is 5.91 Å². The summed E-state index contributed by atoms with van der Waals surface area (Å²) in [5, 5.41) is 19.4. The first-order valence-electron chi connectivity index (χ1n) is 7.08. The number of hydrogen-bond acceptors (Lipinski definition) is 6. The molecule has 1 atom stereocenters. The van der Waals surface area contributed by atoms with E-state index in [1.54, 1.807) is 43.2 Å². The van der Waals surface area contributed by atoms with Gasteiger partial charge in [0.05, 0.1) is 11.9 Å². The number of aromatic nitrogens is 4. The lowest BCUT2D eigenvalue weighted by atomic mass is 10.3. The molecule has 1 unspecified atom stereocenters. The molecule has 0 spiro atoms. The van der Waals surface area contributed by atoms with Gasteiger partial charge in [-0.25, -0.2) is 9.48 Å². The number of thioether (sulfide) groups is 1. The molecule has 0 fully saturated rings. The van der Waals surface area contributed by atoms with E-state index in [9.17, 15) is 9.59 Å². The normalized spacial score (nSPS) is 11.9. The fourth-order valence-electron chi connectivity index (χ4n) is 1.71. The van der Waals surface area contributed by atoms with Gasteiger partial charge in [-0.05, 0) is 19.1 Å². The molecule has 2 N–H and O–H groups in total. The summed E-state index contributed by atoms with van der Waals surface area (Å²) in [6, 6.07) is 2.67. The predicted octanol–water partition coefficient (Wildman–Crippen LogP) is 1.74. The molecule has 0 aliphatic carbocycles. The van der Waals surface area contributed by atoms with E-state index in [4.69, 9.17) is 5.11 Å². The molecule has 128 valence electrons. The molecule has 0 aliphatic rings. The van der Waals surface area contributed by atoms with E-state index in [2.05, 4.69) is 36.5 Å². The molecule has 0 radical (unpaired) electrons. The lowest BCUT2D eigenvalue weighted by Gasteiger charge is -2.04. The van der Waals surface area contributed by atoms with Crippen molar-refractivity contribution in [1.82, 2.24) is 25.3 Å². The van der Waals surface area contributed by atoms with Gasteiger partial charge in [0, 0.05) is 28.7 Å². The molecule has 0 saturated carbocycles. The quantitative estimate of drug-likeness (QED) is 0.634. The van der Waals surface area contributed by atoms with Gasteiger partial charge in [-0.2, -0.15) is 11.8 Å². The summed E-state index contributed by atoms with van der Waals surface area (Å²) in [6.07, 6.45) is 3.19. The number of rotatable bonds is 8. The van der Waals surface area contributed by atoms with Gasteiger partial charge in [-0.15, -0.1) is 5.10 Å². The molecule has 2 aromatic rings. The first kappa shape index (κ1) is 18.4. The number of carbonyl (C=O) groups excluding carboxylic acids is 1. The zero-order valence-corrected chi connectivity index (χ0v) is 15.2. The smallest absolute Gasteiger partial charge is 0.328 e. The molecule has 24 heavy (non-hydrogen) atoms. The van der Waals surface area contributed by atoms with E-state index < -0.39 is 12.0 Å². The largest absolute Gasteiger partial charge is 0.480 e. The number of carboxylic acids is 1. The van der Waals surface area contributed by atoms with Crippen LogP contribution in [0.3, 0.4) is 0 Å². The highest BCUT2D eigenvalue weighted by Crippen LogP contribution is 2.12. The molecule has 2 aromatic heterocycles. The number of amides is 1. The van der Waals surface area contributed by atoms with E-state index in [0.29, 0.717) is 29.4 Å². The van der Waals surface area contributed by atoms with Gasteiger partial charge in [0.2, 0.25) is 0 Å². The highest BCUT2D eigenvalue weighted by molar-refractivity contribution is 9.10. The minimum atomic E-state index is -0.956. The van der Waals surface area contributed by atoms with Crippen LogP contribution in [0.25, 0.3) is 0 Å². The molecule has 1 amide bonds. The lowest BCUT2D eigenvalue weighted by Crippen LogP contribution is -2.26. The molecule has 0 saturated heterocycles. The molecule has 0 bridgehead atoms. The number of hydrogen-bond donors (Lipinski definition) is 2. The minimum Gasteiger partial charge on any atom is -0.480 e. The van der Waals surface area contributed by atoms with E-state index in [0.717, 1.165) is 4.47 Å². The first-order chi connectivity index (χ1) is 11.5. The Hall–Kier alpha value is -1.94. The average molecular weight is 414 g/mol. The maximum absolute atomic E-state index is 11.9. The Morgan fingerprint density at radius 2 is 2.29 bits per heavy atom. The van der Waals surface area contributed by atoms with Gasteiger partial charge in [-0.1, -0.05) is 21.1 Å². The number of pyridine rings is 1. The Labute approximate surface area is 151 Å². The summed E-state index contributed by atoms with van der Waals surface area (Å²) in [6.45, 7) is 2.04. The van der Waals surface area contributed by atoms with Crippen molar-refractivity contribution in [3.05, 3.63) is 40.4 Å². The van der Waals surface area contributed by atoms with Crippen LogP contribution in [0.2, 0.25) is 0 Å². The number of carboxylic acid groups (broad SMARTS) is 1. The van der Waals surface area contributed by atoms with Crippen LogP contribution in [0.15, 0.2) is 29.0 Å². The molecule has 2 rings (SSSR count). The van der Waals surface area contributed by atoms with Crippen molar-refractivity contribution in [3.63, 3.8) is 0 Å². The summed E-state index contributed by atoms with van der Waals surface area (Å²) >= 11 is 4.87. The molecular weight excluding hydrogens is 398 g/mol. The van der Waals surface area contributed by atoms with Gasteiger partial charge in [0.25, 0.3) is 5.91 Å².